The molecule has 0 unspecified atom stereocenters. The molecule has 1 heterocycles. The van der Waals surface area contributed by atoms with Crippen molar-refractivity contribution in [2.45, 2.75) is 12.8 Å². The second kappa shape index (κ2) is 8.51. The van der Waals surface area contributed by atoms with E-state index < -0.39 is 0 Å². The topological polar surface area (TPSA) is 61.9 Å². The van der Waals surface area contributed by atoms with Crippen LogP contribution in [0.1, 0.15) is 12.8 Å². The van der Waals surface area contributed by atoms with Gasteiger partial charge in [-0.1, -0.05) is 6.07 Å². The van der Waals surface area contributed by atoms with Gasteiger partial charge in [0.15, 0.2) is 6.61 Å². The van der Waals surface area contributed by atoms with E-state index in [1.807, 2.05) is 6.07 Å². The van der Waals surface area contributed by atoms with Gasteiger partial charge in [-0.2, -0.15) is 0 Å². The Morgan fingerprint density at radius 1 is 1.03 bits per heavy atom. The molecule has 29 heavy (non-hydrogen) atoms. The van der Waals surface area contributed by atoms with Crippen LogP contribution < -0.4 is 15.0 Å². The first kappa shape index (κ1) is 19.2. The lowest BCUT2D eigenvalue weighted by atomic mass is 10.2. The van der Waals surface area contributed by atoms with E-state index >= 15 is 0 Å². The predicted molar refractivity (Wildman–Crippen MR) is 108 cm³/mol. The number of hydrogen-bond donors (Lipinski definition) is 1. The van der Waals surface area contributed by atoms with Gasteiger partial charge in [0.1, 0.15) is 11.6 Å². The van der Waals surface area contributed by atoms with Crippen LogP contribution in [0.25, 0.3) is 0 Å². The number of nitrogens with one attached hydrogen (secondary N) is 1. The van der Waals surface area contributed by atoms with Crippen molar-refractivity contribution in [2.24, 2.45) is 5.92 Å². The van der Waals surface area contributed by atoms with E-state index in [-0.39, 0.29) is 30.2 Å². The summed E-state index contributed by atoms with van der Waals surface area (Å²) in [6, 6.07) is 13.5. The van der Waals surface area contributed by atoms with Gasteiger partial charge in [-0.3, -0.25) is 9.59 Å². The third kappa shape index (κ3) is 5.04. The second-order valence-corrected chi connectivity index (χ2v) is 7.42. The molecule has 152 valence electrons. The van der Waals surface area contributed by atoms with Crippen molar-refractivity contribution in [3.05, 3.63) is 54.3 Å². The summed E-state index contributed by atoms with van der Waals surface area (Å²) < 4.78 is 18.7. The molecule has 1 aliphatic heterocycles. The molecule has 0 spiro atoms. The average Bonchev–Trinajstić information content (AvgIpc) is 3.59. The molecule has 2 fully saturated rings. The fourth-order valence-electron chi connectivity index (χ4n) is 3.36. The van der Waals surface area contributed by atoms with E-state index in [0.29, 0.717) is 37.6 Å². The van der Waals surface area contributed by atoms with Crippen molar-refractivity contribution in [2.75, 3.05) is 43.0 Å². The van der Waals surface area contributed by atoms with E-state index in [2.05, 4.69) is 10.2 Å². The highest BCUT2D eigenvalue weighted by Crippen LogP contribution is 2.30. The molecule has 2 aromatic rings. The van der Waals surface area contributed by atoms with Crippen LogP contribution in [-0.4, -0.2) is 49.5 Å². The van der Waals surface area contributed by atoms with E-state index in [4.69, 9.17) is 4.74 Å². The fraction of sp³-hybridized carbons (Fsp3) is 0.364. The average molecular weight is 397 g/mol. The van der Waals surface area contributed by atoms with Gasteiger partial charge in [-0.25, -0.2) is 4.39 Å². The number of amides is 2. The van der Waals surface area contributed by atoms with E-state index in [9.17, 15) is 14.0 Å². The molecule has 0 atom stereocenters. The number of carbonyl (C=O) groups is 2. The van der Waals surface area contributed by atoms with Crippen LogP contribution in [0, 0.1) is 11.7 Å². The lowest BCUT2D eigenvalue weighted by Gasteiger charge is -2.36. The lowest BCUT2D eigenvalue weighted by Crippen LogP contribution is -2.50. The zero-order valence-corrected chi connectivity index (χ0v) is 16.1. The van der Waals surface area contributed by atoms with Crippen molar-refractivity contribution in [3.63, 3.8) is 0 Å². The Hall–Kier alpha value is -3.09. The third-order valence-corrected chi connectivity index (χ3v) is 5.24. The molecular weight excluding hydrogens is 373 g/mol. The third-order valence-electron chi connectivity index (χ3n) is 5.24. The number of hydrogen-bond acceptors (Lipinski definition) is 4. The summed E-state index contributed by atoms with van der Waals surface area (Å²) in [7, 11) is 0. The monoisotopic (exact) mass is 397 g/mol. The molecular formula is C22H24FN3O3. The molecule has 1 saturated carbocycles. The quantitative estimate of drug-likeness (QED) is 0.814. The zero-order chi connectivity index (χ0) is 20.2. The van der Waals surface area contributed by atoms with Gasteiger partial charge >= 0.3 is 0 Å². The molecule has 2 aromatic carbocycles. The van der Waals surface area contributed by atoms with Crippen LogP contribution in [0.2, 0.25) is 0 Å². The maximum atomic E-state index is 13.1. The molecule has 0 radical (unpaired) electrons. The van der Waals surface area contributed by atoms with Crippen LogP contribution in [0.4, 0.5) is 15.8 Å². The van der Waals surface area contributed by atoms with Crippen LogP contribution >= 0.6 is 0 Å². The number of piperazine rings is 1. The number of carbonyl (C=O) groups excluding carboxylic acids is 2. The summed E-state index contributed by atoms with van der Waals surface area (Å²) in [5.74, 6) is 0.399. The van der Waals surface area contributed by atoms with Crippen molar-refractivity contribution in [1.82, 2.24) is 4.90 Å². The molecule has 1 N–H and O–H groups in total. The zero-order valence-electron chi connectivity index (χ0n) is 16.1. The highest BCUT2D eigenvalue weighted by molar-refractivity contribution is 5.94. The summed E-state index contributed by atoms with van der Waals surface area (Å²) in [5.41, 5.74) is 1.64. The smallest absolute Gasteiger partial charge is 0.260 e. The van der Waals surface area contributed by atoms with Crippen molar-refractivity contribution >= 4 is 23.2 Å². The Balaban J connectivity index is 1.25. The first-order valence-electron chi connectivity index (χ1n) is 9.90. The molecule has 2 amide bonds. The Bertz CT molecular complexity index is 875. The van der Waals surface area contributed by atoms with Gasteiger partial charge in [0.05, 0.1) is 0 Å². The molecule has 7 heteroatoms. The first-order valence-corrected chi connectivity index (χ1v) is 9.90. The minimum atomic E-state index is -0.254. The Labute approximate surface area is 169 Å². The maximum absolute atomic E-state index is 13.1. The van der Waals surface area contributed by atoms with Gasteiger partial charge in [-0.05, 0) is 49.2 Å². The van der Waals surface area contributed by atoms with Gasteiger partial charge in [0.2, 0.25) is 5.91 Å². The SMILES string of the molecule is O=C(Nc1cccc(OCC(=O)N2CCN(c3ccc(F)cc3)CC2)c1)C1CC1. The Morgan fingerprint density at radius 3 is 2.45 bits per heavy atom. The van der Waals surface area contributed by atoms with Crippen LogP contribution in [0.15, 0.2) is 48.5 Å². The van der Waals surface area contributed by atoms with Crippen LogP contribution in [-0.2, 0) is 9.59 Å². The molecule has 0 bridgehead atoms. The number of anilines is 2. The fourth-order valence-corrected chi connectivity index (χ4v) is 3.36. The standard InChI is InChI=1S/C22H24FN3O3/c23-17-6-8-19(9-7-17)25-10-12-26(13-11-25)21(27)15-29-20-3-1-2-18(14-20)24-22(28)16-4-5-16/h1-3,6-9,14,16H,4-5,10-13,15H2,(H,24,28). The van der Waals surface area contributed by atoms with E-state index in [0.717, 1.165) is 18.5 Å². The number of rotatable bonds is 6. The summed E-state index contributed by atoms with van der Waals surface area (Å²) >= 11 is 0. The van der Waals surface area contributed by atoms with Crippen molar-refractivity contribution in [1.29, 1.82) is 0 Å². The Morgan fingerprint density at radius 2 is 1.76 bits per heavy atom. The predicted octanol–water partition coefficient (Wildman–Crippen LogP) is 2.90. The molecule has 4 rings (SSSR count). The molecule has 6 nitrogen and oxygen atoms in total. The number of halogens is 1. The Kier molecular flexibility index (Phi) is 5.64. The number of nitrogens with zero attached hydrogens (tertiary/aromatic N) is 2. The number of benzene rings is 2. The van der Waals surface area contributed by atoms with Gasteiger partial charge < -0.3 is 19.9 Å². The normalized spacial score (nSPS) is 16.4. The minimum Gasteiger partial charge on any atom is -0.484 e. The second-order valence-electron chi connectivity index (χ2n) is 7.42. The molecule has 2 aliphatic rings. The summed E-state index contributed by atoms with van der Waals surface area (Å²) in [6.45, 7) is 2.53. The highest BCUT2D eigenvalue weighted by Gasteiger charge is 2.29. The van der Waals surface area contributed by atoms with Gasteiger partial charge in [0, 0.05) is 49.5 Å². The largest absolute Gasteiger partial charge is 0.484 e. The van der Waals surface area contributed by atoms with E-state index in [1.54, 1.807) is 35.2 Å². The lowest BCUT2D eigenvalue weighted by molar-refractivity contribution is -0.133. The summed E-state index contributed by atoms with van der Waals surface area (Å²) in [4.78, 5) is 28.3. The molecule has 0 aromatic heterocycles. The van der Waals surface area contributed by atoms with Crippen molar-refractivity contribution in [3.8, 4) is 5.75 Å². The van der Waals surface area contributed by atoms with Crippen LogP contribution in [0.5, 0.6) is 5.75 Å². The molecule has 1 aliphatic carbocycles. The minimum absolute atomic E-state index is 0.0391. The number of ether oxygens (including phenoxy) is 1. The summed E-state index contributed by atoms with van der Waals surface area (Å²) in [5, 5.41) is 2.88. The summed E-state index contributed by atoms with van der Waals surface area (Å²) in [6.07, 6.45) is 1.90. The first-order chi connectivity index (χ1) is 14.1. The van der Waals surface area contributed by atoms with Gasteiger partial charge in [0.25, 0.3) is 5.91 Å². The highest BCUT2D eigenvalue weighted by atomic mass is 19.1. The van der Waals surface area contributed by atoms with Crippen LogP contribution in [0.3, 0.4) is 0 Å². The van der Waals surface area contributed by atoms with Gasteiger partial charge in [-0.15, -0.1) is 0 Å². The molecule has 1 saturated heterocycles. The van der Waals surface area contributed by atoms with E-state index in [1.165, 1.54) is 12.1 Å². The maximum Gasteiger partial charge on any atom is 0.260 e. The van der Waals surface area contributed by atoms with Crippen molar-refractivity contribution < 1.29 is 18.7 Å².